The van der Waals surface area contributed by atoms with Crippen molar-refractivity contribution < 1.29 is 4.79 Å². The number of hydrogen-bond donors (Lipinski definition) is 0. The van der Waals surface area contributed by atoms with E-state index in [0.29, 0.717) is 5.56 Å². The lowest BCUT2D eigenvalue weighted by Gasteiger charge is -2.14. The molecule has 0 fully saturated rings. The molecule has 0 atom stereocenters. The van der Waals surface area contributed by atoms with Crippen LogP contribution in [0.3, 0.4) is 0 Å². The highest BCUT2D eigenvalue weighted by Gasteiger charge is 2.20. The van der Waals surface area contributed by atoms with Gasteiger partial charge in [0.05, 0.1) is 22.1 Å². The maximum atomic E-state index is 13.4. The minimum Gasteiger partial charge on any atom is -0.311 e. The molecule has 3 aromatic carbocycles. The second-order valence-electron chi connectivity index (χ2n) is 7.50. The number of rotatable bonds is 4. The molecule has 0 amide bonds. The van der Waals surface area contributed by atoms with Gasteiger partial charge in [-0.2, -0.15) is 0 Å². The predicted octanol–water partition coefficient (Wildman–Crippen LogP) is 5.04. The van der Waals surface area contributed by atoms with Crippen molar-refractivity contribution in [2.75, 3.05) is 0 Å². The average molecular weight is 417 g/mol. The van der Waals surface area contributed by atoms with Crippen LogP contribution in [-0.2, 0) is 7.05 Å². The van der Waals surface area contributed by atoms with Gasteiger partial charge in [0.15, 0.2) is 5.78 Å². The highest BCUT2D eigenvalue weighted by Crippen LogP contribution is 2.30. The van der Waals surface area contributed by atoms with Crippen LogP contribution in [0.4, 0.5) is 0 Å². The van der Waals surface area contributed by atoms with Crippen molar-refractivity contribution >= 4 is 33.8 Å². The van der Waals surface area contributed by atoms with Crippen molar-refractivity contribution in [2.45, 2.75) is 0 Å². The minimum atomic E-state index is -0.338. The molecule has 5 rings (SSSR count). The van der Waals surface area contributed by atoms with E-state index in [2.05, 4.69) is 9.97 Å². The van der Waals surface area contributed by atoms with Crippen LogP contribution in [0.2, 0.25) is 0 Å². The van der Waals surface area contributed by atoms with Gasteiger partial charge in [0.25, 0.3) is 5.56 Å². The van der Waals surface area contributed by atoms with Crippen molar-refractivity contribution in [3.05, 3.63) is 113 Å². The van der Waals surface area contributed by atoms with Crippen molar-refractivity contribution in [3.8, 4) is 11.1 Å². The summed E-state index contributed by atoms with van der Waals surface area (Å²) in [6.45, 7) is 0. The molecule has 5 aromatic rings. The molecule has 0 aliphatic rings. The maximum absolute atomic E-state index is 13.4. The third-order valence-electron chi connectivity index (χ3n) is 5.53. The standard InChI is InChI=1S/C27H19N3O2/c1-30-23-10-6-5-9-20(23)25(19-7-3-2-4-8-19)26(27(30)32)24(31)14-12-18-11-13-21-22(17-18)29-16-15-28-21/h2-17H,1H3/b14-12+. The lowest BCUT2D eigenvalue weighted by molar-refractivity contribution is 0.104. The fraction of sp³-hybridized carbons (Fsp3) is 0.0370. The number of aryl methyl sites for hydroxylation is 1. The fourth-order valence-electron chi connectivity index (χ4n) is 3.97. The number of nitrogens with zero attached hydrogens (tertiary/aromatic N) is 3. The van der Waals surface area contributed by atoms with Gasteiger partial charge in [-0.3, -0.25) is 19.6 Å². The van der Waals surface area contributed by atoms with Gasteiger partial charge < -0.3 is 4.57 Å². The predicted molar refractivity (Wildman–Crippen MR) is 128 cm³/mol. The highest BCUT2D eigenvalue weighted by atomic mass is 16.1. The van der Waals surface area contributed by atoms with Crippen LogP contribution < -0.4 is 5.56 Å². The van der Waals surface area contributed by atoms with Gasteiger partial charge in [0, 0.05) is 30.4 Å². The number of hydrogen-bond acceptors (Lipinski definition) is 4. The van der Waals surface area contributed by atoms with E-state index in [1.165, 1.54) is 10.6 Å². The third kappa shape index (κ3) is 3.40. The molecule has 5 nitrogen and oxygen atoms in total. The van der Waals surface area contributed by atoms with E-state index >= 15 is 0 Å². The largest absolute Gasteiger partial charge is 0.311 e. The summed E-state index contributed by atoms with van der Waals surface area (Å²) >= 11 is 0. The van der Waals surface area contributed by atoms with Gasteiger partial charge in [-0.05, 0) is 35.4 Å². The molecule has 0 N–H and O–H groups in total. The SMILES string of the molecule is Cn1c(=O)c(C(=O)/C=C/c2ccc3nccnc3c2)c(-c2ccccc2)c2ccccc21. The van der Waals surface area contributed by atoms with Crippen molar-refractivity contribution in [2.24, 2.45) is 7.05 Å². The zero-order valence-electron chi connectivity index (χ0n) is 17.4. The van der Waals surface area contributed by atoms with Gasteiger partial charge in [-0.1, -0.05) is 60.7 Å². The summed E-state index contributed by atoms with van der Waals surface area (Å²) in [7, 11) is 1.70. The minimum absolute atomic E-state index is 0.161. The van der Waals surface area contributed by atoms with Crippen LogP contribution in [0.1, 0.15) is 15.9 Å². The maximum Gasteiger partial charge on any atom is 0.262 e. The summed E-state index contributed by atoms with van der Waals surface area (Å²) in [4.78, 5) is 35.2. The molecule has 2 heterocycles. The molecule has 0 radical (unpaired) electrons. The lowest BCUT2D eigenvalue weighted by Crippen LogP contribution is -2.25. The zero-order chi connectivity index (χ0) is 22.1. The first kappa shape index (κ1) is 19.6. The molecular weight excluding hydrogens is 398 g/mol. The third-order valence-corrected chi connectivity index (χ3v) is 5.53. The monoisotopic (exact) mass is 417 g/mol. The zero-order valence-corrected chi connectivity index (χ0v) is 17.4. The van der Waals surface area contributed by atoms with E-state index in [1.807, 2.05) is 72.8 Å². The summed E-state index contributed by atoms with van der Waals surface area (Å²) in [5, 5.41) is 0.860. The molecule has 32 heavy (non-hydrogen) atoms. The Bertz CT molecular complexity index is 1570. The Hall–Kier alpha value is -4.38. The molecule has 0 bridgehead atoms. The second-order valence-corrected chi connectivity index (χ2v) is 7.50. The quantitative estimate of drug-likeness (QED) is 0.303. The normalized spacial score (nSPS) is 11.4. The number of benzene rings is 3. The van der Waals surface area contributed by atoms with Crippen LogP contribution in [0.15, 0.2) is 96.1 Å². The number of para-hydroxylation sites is 1. The Morgan fingerprint density at radius 2 is 1.59 bits per heavy atom. The van der Waals surface area contributed by atoms with Crippen LogP contribution >= 0.6 is 0 Å². The Labute approximate surface area is 184 Å². The van der Waals surface area contributed by atoms with Gasteiger partial charge in [-0.25, -0.2) is 0 Å². The molecule has 0 saturated carbocycles. The van der Waals surface area contributed by atoms with E-state index in [4.69, 9.17) is 0 Å². The number of fused-ring (bicyclic) bond motifs is 2. The first-order valence-corrected chi connectivity index (χ1v) is 10.2. The van der Waals surface area contributed by atoms with Crippen LogP contribution in [-0.4, -0.2) is 20.3 Å². The number of carbonyl (C=O) groups excluding carboxylic acids is 1. The van der Waals surface area contributed by atoms with E-state index in [9.17, 15) is 9.59 Å². The Morgan fingerprint density at radius 3 is 2.41 bits per heavy atom. The Morgan fingerprint density at radius 1 is 0.875 bits per heavy atom. The van der Waals surface area contributed by atoms with E-state index in [-0.39, 0.29) is 16.9 Å². The smallest absolute Gasteiger partial charge is 0.262 e. The molecule has 0 unspecified atom stereocenters. The first-order chi connectivity index (χ1) is 15.6. The van der Waals surface area contributed by atoms with E-state index in [1.54, 1.807) is 25.5 Å². The molecule has 0 saturated heterocycles. The second kappa shape index (κ2) is 8.04. The van der Waals surface area contributed by atoms with Crippen LogP contribution in [0.5, 0.6) is 0 Å². The van der Waals surface area contributed by atoms with Crippen molar-refractivity contribution in [1.82, 2.24) is 14.5 Å². The molecule has 0 aliphatic heterocycles. The number of carbonyl (C=O) groups is 1. The number of ketones is 1. The fourth-order valence-corrected chi connectivity index (χ4v) is 3.97. The van der Waals surface area contributed by atoms with Gasteiger partial charge >= 0.3 is 0 Å². The molecule has 2 aromatic heterocycles. The highest BCUT2D eigenvalue weighted by molar-refractivity contribution is 6.15. The summed E-state index contributed by atoms with van der Waals surface area (Å²) in [6.07, 6.45) is 6.43. The average Bonchev–Trinajstić information content (AvgIpc) is 2.85. The lowest BCUT2D eigenvalue weighted by atomic mass is 9.93. The first-order valence-electron chi connectivity index (χ1n) is 10.2. The summed E-state index contributed by atoms with van der Waals surface area (Å²) < 4.78 is 1.54. The molecule has 0 spiro atoms. The molecule has 5 heteroatoms. The van der Waals surface area contributed by atoms with Crippen molar-refractivity contribution in [3.63, 3.8) is 0 Å². The number of pyridine rings is 1. The van der Waals surface area contributed by atoms with Gasteiger partial charge in [-0.15, -0.1) is 0 Å². The van der Waals surface area contributed by atoms with E-state index in [0.717, 1.165) is 33.1 Å². The van der Waals surface area contributed by atoms with E-state index < -0.39 is 0 Å². The Balaban J connectivity index is 1.67. The number of aromatic nitrogens is 3. The Kier molecular flexibility index (Phi) is 4.92. The number of allylic oxidation sites excluding steroid dienone is 1. The van der Waals surface area contributed by atoms with Crippen LogP contribution in [0.25, 0.3) is 39.1 Å². The molecule has 0 aliphatic carbocycles. The summed E-state index contributed by atoms with van der Waals surface area (Å²) in [6, 6.07) is 22.8. The molecular formula is C27H19N3O2. The summed E-state index contributed by atoms with van der Waals surface area (Å²) in [5.41, 5.74) is 4.45. The van der Waals surface area contributed by atoms with Gasteiger partial charge in [0.1, 0.15) is 0 Å². The van der Waals surface area contributed by atoms with Crippen molar-refractivity contribution in [1.29, 1.82) is 0 Å². The summed E-state index contributed by atoms with van der Waals surface area (Å²) in [5.74, 6) is -0.338. The topological polar surface area (TPSA) is 64.8 Å². The van der Waals surface area contributed by atoms with Gasteiger partial charge in [0.2, 0.25) is 0 Å². The molecule has 154 valence electrons. The van der Waals surface area contributed by atoms with Crippen LogP contribution in [0, 0.1) is 0 Å².